The van der Waals surface area contributed by atoms with Gasteiger partial charge in [0.2, 0.25) is 6.41 Å². The molecule has 92 valence electrons. The fourth-order valence-corrected chi connectivity index (χ4v) is 2.25. The lowest BCUT2D eigenvalue weighted by Gasteiger charge is -2.15. The van der Waals surface area contributed by atoms with Crippen LogP contribution in [0.15, 0.2) is 41.8 Å². The molecule has 0 spiro atoms. The summed E-state index contributed by atoms with van der Waals surface area (Å²) >= 11 is 1.48. The lowest BCUT2D eigenvalue weighted by atomic mass is 10.1. The lowest BCUT2D eigenvalue weighted by molar-refractivity contribution is -0.107. The minimum atomic E-state index is -0.952. The minimum Gasteiger partial charge on any atom is -0.478 e. The second kappa shape index (κ2) is 5.46. The lowest BCUT2D eigenvalue weighted by Crippen LogP contribution is -2.19. The Kier molecular flexibility index (Phi) is 3.74. The third kappa shape index (κ3) is 2.75. The standard InChI is InChI=1S/C13H11NO3S/c15-9-14(12-2-1-7-18-12)8-10-3-5-11(6-4-10)13(16)17/h1-7,9H,8H2,(H,16,17). The van der Waals surface area contributed by atoms with Gasteiger partial charge >= 0.3 is 5.97 Å². The molecule has 5 heteroatoms. The first-order valence-electron chi connectivity index (χ1n) is 5.28. The third-order valence-electron chi connectivity index (χ3n) is 2.47. The molecule has 2 rings (SSSR count). The number of nitrogens with zero attached hydrogens (tertiary/aromatic N) is 1. The summed E-state index contributed by atoms with van der Waals surface area (Å²) in [4.78, 5) is 23.3. The Bertz CT molecular complexity index is 534. The summed E-state index contributed by atoms with van der Waals surface area (Å²) < 4.78 is 0. The molecule has 0 saturated heterocycles. The molecule has 2 aromatic rings. The number of hydrogen-bond acceptors (Lipinski definition) is 3. The summed E-state index contributed by atoms with van der Waals surface area (Å²) in [6, 6.07) is 10.2. The first-order chi connectivity index (χ1) is 8.70. The number of rotatable bonds is 5. The van der Waals surface area contributed by atoms with Crippen LogP contribution in [0.3, 0.4) is 0 Å². The number of thiophene rings is 1. The normalized spacial score (nSPS) is 10.0. The van der Waals surface area contributed by atoms with E-state index in [9.17, 15) is 9.59 Å². The number of anilines is 1. The van der Waals surface area contributed by atoms with Crippen molar-refractivity contribution in [1.29, 1.82) is 0 Å². The molecule has 1 aromatic heterocycles. The highest BCUT2D eigenvalue weighted by atomic mass is 32.1. The van der Waals surface area contributed by atoms with Crippen molar-refractivity contribution in [2.75, 3.05) is 4.90 Å². The SMILES string of the molecule is O=CN(Cc1ccc(C(=O)O)cc1)c1cccs1. The number of hydrogen-bond donors (Lipinski definition) is 1. The zero-order valence-corrected chi connectivity index (χ0v) is 10.3. The van der Waals surface area contributed by atoms with Gasteiger partial charge in [0, 0.05) is 0 Å². The van der Waals surface area contributed by atoms with E-state index in [1.54, 1.807) is 17.0 Å². The molecule has 1 amide bonds. The van der Waals surface area contributed by atoms with Crippen molar-refractivity contribution in [3.05, 3.63) is 52.9 Å². The maximum absolute atomic E-state index is 11.0. The van der Waals surface area contributed by atoms with E-state index >= 15 is 0 Å². The number of aromatic carboxylic acids is 1. The van der Waals surface area contributed by atoms with Gasteiger partial charge in [-0.3, -0.25) is 4.79 Å². The Morgan fingerprint density at radius 1 is 1.28 bits per heavy atom. The molecule has 4 nitrogen and oxygen atoms in total. The molecule has 0 saturated carbocycles. The maximum atomic E-state index is 11.0. The predicted octanol–water partition coefficient (Wildman–Crippen LogP) is 2.61. The average molecular weight is 261 g/mol. The molecule has 1 heterocycles. The van der Waals surface area contributed by atoms with Crippen molar-refractivity contribution in [2.45, 2.75) is 6.54 Å². The van der Waals surface area contributed by atoms with E-state index < -0.39 is 5.97 Å². The first-order valence-corrected chi connectivity index (χ1v) is 6.16. The molecule has 18 heavy (non-hydrogen) atoms. The van der Waals surface area contributed by atoms with Crippen molar-refractivity contribution in [2.24, 2.45) is 0 Å². The van der Waals surface area contributed by atoms with Gasteiger partial charge in [0.25, 0.3) is 0 Å². The van der Waals surface area contributed by atoms with Gasteiger partial charge in [0.15, 0.2) is 0 Å². The van der Waals surface area contributed by atoms with Crippen molar-refractivity contribution in [3.8, 4) is 0 Å². The van der Waals surface area contributed by atoms with Crippen molar-refractivity contribution in [1.82, 2.24) is 0 Å². The summed E-state index contributed by atoms with van der Waals surface area (Å²) in [6.45, 7) is 0.434. The van der Waals surface area contributed by atoms with E-state index in [1.165, 1.54) is 23.5 Å². The van der Waals surface area contributed by atoms with Crippen molar-refractivity contribution < 1.29 is 14.7 Å². The maximum Gasteiger partial charge on any atom is 0.335 e. The summed E-state index contributed by atoms with van der Waals surface area (Å²) in [5.41, 5.74) is 1.13. The predicted molar refractivity (Wildman–Crippen MR) is 70.0 cm³/mol. The highest BCUT2D eigenvalue weighted by molar-refractivity contribution is 7.14. The fourth-order valence-electron chi connectivity index (χ4n) is 1.55. The van der Waals surface area contributed by atoms with Crippen molar-refractivity contribution >= 4 is 28.7 Å². The van der Waals surface area contributed by atoms with E-state index in [0.717, 1.165) is 17.0 Å². The average Bonchev–Trinajstić information content (AvgIpc) is 2.90. The second-order valence-electron chi connectivity index (χ2n) is 3.69. The fraction of sp³-hybridized carbons (Fsp3) is 0.0769. The van der Waals surface area contributed by atoms with Gasteiger partial charge in [-0.25, -0.2) is 4.79 Å². The Balaban J connectivity index is 2.13. The molecular formula is C13H11NO3S. The quantitative estimate of drug-likeness (QED) is 0.842. The Labute approximate surface area is 108 Å². The number of carboxylic acids is 1. The van der Waals surface area contributed by atoms with Crippen LogP contribution in [0.4, 0.5) is 5.00 Å². The van der Waals surface area contributed by atoms with Gasteiger partial charge in [0.1, 0.15) is 0 Å². The van der Waals surface area contributed by atoms with Crippen LogP contribution in [0, 0.1) is 0 Å². The van der Waals surface area contributed by atoms with Gasteiger partial charge in [-0.1, -0.05) is 12.1 Å². The Hall–Kier alpha value is -2.14. The van der Waals surface area contributed by atoms with Crippen LogP contribution in [0.25, 0.3) is 0 Å². The van der Waals surface area contributed by atoms with Crippen LogP contribution in [-0.2, 0) is 11.3 Å². The van der Waals surface area contributed by atoms with Crippen LogP contribution in [0.1, 0.15) is 15.9 Å². The summed E-state index contributed by atoms with van der Waals surface area (Å²) in [7, 11) is 0. The molecule has 0 atom stereocenters. The molecule has 1 N–H and O–H groups in total. The van der Waals surface area contributed by atoms with Gasteiger partial charge in [0.05, 0.1) is 17.1 Å². The largest absolute Gasteiger partial charge is 0.478 e. The first kappa shape index (κ1) is 12.3. The highest BCUT2D eigenvalue weighted by Gasteiger charge is 2.08. The van der Waals surface area contributed by atoms with Crippen LogP contribution < -0.4 is 4.90 Å². The smallest absolute Gasteiger partial charge is 0.335 e. The highest BCUT2D eigenvalue weighted by Crippen LogP contribution is 2.21. The number of amides is 1. The minimum absolute atomic E-state index is 0.243. The Morgan fingerprint density at radius 2 is 2.00 bits per heavy atom. The van der Waals surface area contributed by atoms with Crippen LogP contribution in [0.2, 0.25) is 0 Å². The molecular weight excluding hydrogens is 250 g/mol. The van der Waals surface area contributed by atoms with E-state index in [-0.39, 0.29) is 5.56 Å². The van der Waals surface area contributed by atoms with Gasteiger partial charge in [-0.2, -0.15) is 0 Å². The molecule has 0 aliphatic heterocycles. The third-order valence-corrected chi connectivity index (χ3v) is 3.38. The van der Waals surface area contributed by atoms with Crippen LogP contribution in [0.5, 0.6) is 0 Å². The number of carbonyl (C=O) groups is 2. The van der Waals surface area contributed by atoms with E-state index in [2.05, 4.69) is 0 Å². The molecule has 0 fully saturated rings. The number of benzene rings is 1. The van der Waals surface area contributed by atoms with Crippen molar-refractivity contribution in [3.63, 3.8) is 0 Å². The monoisotopic (exact) mass is 261 g/mol. The topological polar surface area (TPSA) is 57.6 Å². The molecule has 0 bridgehead atoms. The van der Waals surface area contributed by atoms with E-state index in [0.29, 0.717) is 6.54 Å². The van der Waals surface area contributed by atoms with Gasteiger partial charge in [-0.15, -0.1) is 11.3 Å². The van der Waals surface area contributed by atoms with Crippen LogP contribution >= 0.6 is 11.3 Å². The zero-order valence-electron chi connectivity index (χ0n) is 9.45. The molecule has 0 unspecified atom stereocenters. The zero-order chi connectivity index (χ0) is 13.0. The van der Waals surface area contributed by atoms with Gasteiger partial charge in [-0.05, 0) is 35.2 Å². The summed E-state index contributed by atoms with van der Waals surface area (Å²) in [5.74, 6) is -0.952. The number of carboxylic acid groups (broad SMARTS) is 1. The number of carbonyl (C=O) groups excluding carboxylic acids is 1. The molecule has 1 aromatic carbocycles. The molecule has 0 aliphatic carbocycles. The molecule has 0 aliphatic rings. The van der Waals surface area contributed by atoms with Gasteiger partial charge < -0.3 is 10.0 Å². The summed E-state index contributed by atoms with van der Waals surface area (Å²) in [5, 5.41) is 11.6. The molecule has 0 radical (unpaired) electrons. The summed E-state index contributed by atoms with van der Waals surface area (Å²) in [6.07, 6.45) is 0.775. The van der Waals surface area contributed by atoms with Crippen LogP contribution in [-0.4, -0.2) is 17.5 Å². The van der Waals surface area contributed by atoms with E-state index in [1.807, 2.05) is 17.5 Å². The second-order valence-corrected chi connectivity index (χ2v) is 4.61. The van der Waals surface area contributed by atoms with E-state index in [4.69, 9.17) is 5.11 Å². The Morgan fingerprint density at radius 3 is 2.50 bits per heavy atom.